The first-order chi connectivity index (χ1) is 6.47. The third-order valence-electron chi connectivity index (χ3n) is 2.05. The van der Waals surface area contributed by atoms with Gasteiger partial charge in [-0.15, -0.1) is 11.3 Å². The molecule has 0 saturated carbocycles. The number of nitrogens with zero attached hydrogens (tertiary/aromatic N) is 1. The second kappa shape index (κ2) is 2.95. The Hall–Kier alpha value is -1.09. The van der Waals surface area contributed by atoms with E-state index < -0.39 is 0 Å². The molecule has 0 atom stereocenters. The Kier molecular flexibility index (Phi) is 2.00. The van der Waals surface area contributed by atoms with Gasteiger partial charge in [0.2, 0.25) is 0 Å². The zero-order chi connectivity index (χ0) is 10.3. The summed E-state index contributed by atoms with van der Waals surface area (Å²) in [5, 5.41) is 1.16. The van der Waals surface area contributed by atoms with E-state index >= 15 is 0 Å². The van der Waals surface area contributed by atoms with Crippen molar-refractivity contribution in [2.75, 3.05) is 5.73 Å². The van der Waals surface area contributed by atoms with Crippen molar-refractivity contribution in [1.82, 2.24) is 4.98 Å². The van der Waals surface area contributed by atoms with E-state index in [4.69, 9.17) is 5.73 Å². The van der Waals surface area contributed by atoms with Gasteiger partial charge in [-0.3, -0.25) is 0 Å². The number of nitrogen functional groups attached to an aromatic ring is 1. The lowest BCUT2D eigenvalue weighted by atomic mass is 9.98. The lowest BCUT2D eigenvalue weighted by molar-refractivity contribution is 0.587. The van der Waals surface area contributed by atoms with E-state index in [0.29, 0.717) is 0 Å². The topological polar surface area (TPSA) is 38.9 Å². The molecule has 14 heavy (non-hydrogen) atoms. The number of fused-ring (bicyclic) bond motifs is 1. The summed E-state index contributed by atoms with van der Waals surface area (Å²) < 4.78 is 1.18. The standard InChI is InChI=1S/C11H14N2S/c1-11(2,3)10-13-8-5-4-7(12)6-9(8)14-10/h4-6H,12H2,1-3H3. The van der Waals surface area contributed by atoms with Crippen molar-refractivity contribution >= 4 is 27.2 Å². The van der Waals surface area contributed by atoms with Gasteiger partial charge >= 0.3 is 0 Å². The van der Waals surface area contributed by atoms with Crippen molar-refractivity contribution in [3.8, 4) is 0 Å². The number of rotatable bonds is 0. The summed E-state index contributed by atoms with van der Waals surface area (Å²) in [7, 11) is 0. The van der Waals surface area contributed by atoms with E-state index in [1.165, 1.54) is 4.70 Å². The van der Waals surface area contributed by atoms with Crippen LogP contribution in [0.3, 0.4) is 0 Å². The second-order valence-electron chi connectivity index (χ2n) is 4.50. The van der Waals surface area contributed by atoms with Gasteiger partial charge in [0.05, 0.1) is 15.2 Å². The fraction of sp³-hybridized carbons (Fsp3) is 0.364. The minimum atomic E-state index is 0.123. The Morgan fingerprint density at radius 1 is 1.29 bits per heavy atom. The fourth-order valence-electron chi connectivity index (χ4n) is 1.26. The Labute approximate surface area is 87.8 Å². The highest BCUT2D eigenvalue weighted by molar-refractivity contribution is 7.18. The summed E-state index contributed by atoms with van der Waals surface area (Å²) >= 11 is 1.73. The van der Waals surface area contributed by atoms with E-state index in [1.807, 2.05) is 18.2 Å². The average Bonchev–Trinajstić information content (AvgIpc) is 2.45. The van der Waals surface area contributed by atoms with Crippen molar-refractivity contribution in [2.24, 2.45) is 0 Å². The van der Waals surface area contributed by atoms with Crippen LogP contribution in [-0.4, -0.2) is 4.98 Å². The van der Waals surface area contributed by atoms with Gasteiger partial charge in [0, 0.05) is 11.1 Å². The van der Waals surface area contributed by atoms with Gasteiger partial charge < -0.3 is 5.73 Å². The van der Waals surface area contributed by atoms with Crippen LogP contribution >= 0.6 is 11.3 Å². The largest absolute Gasteiger partial charge is 0.399 e. The summed E-state index contributed by atoms with van der Waals surface area (Å²) in [4.78, 5) is 4.59. The molecule has 1 aromatic carbocycles. The molecule has 1 heterocycles. The molecule has 0 bridgehead atoms. The van der Waals surface area contributed by atoms with Gasteiger partial charge in [0.25, 0.3) is 0 Å². The number of thiazole rings is 1. The molecule has 0 spiro atoms. The van der Waals surface area contributed by atoms with Gasteiger partial charge in [0.1, 0.15) is 0 Å². The van der Waals surface area contributed by atoms with Crippen LogP contribution in [0.2, 0.25) is 0 Å². The lowest BCUT2D eigenvalue weighted by Crippen LogP contribution is -2.09. The summed E-state index contributed by atoms with van der Waals surface area (Å²) in [5.41, 5.74) is 7.70. The Morgan fingerprint density at radius 3 is 2.64 bits per heavy atom. The highest BCUT2D eigenvalue weighted by Crippen LogP contribution is 2.31. The molecule has 2 nitrogen and oxygen atoms in total. The van der Waals surface area contributed by atoms with Crippen molar-refractivity contribution < 1.29 is 0 Å². The van der Waals surface area contributed by atoms with Crippen LogP contribution in [0, 0.1) is 0 Å². The molecule has 0 unspecified atom stereocenters. The summed E-state index contributed by atoms with van der Waals surface area (Å²) in [6.45, 7) is 6.52. The third kappa shape index (κ3) is 1.60. The Bertz CT molecular complexity index is 466. The Balaban J connectivity index is 2.63. The monoisotopic (exact) mass is 206 g/mol. The fourth-order valence-corrected chi connectivity index (χ4v) is 2.33. The molecular formula is C11H14N2S. The molecule has 74 valence electrons. The predicted molar refractivity (Wildman–Crippen MR) is 62.7 cm³/mol. The zero-order valence-electron chi connectivity index (χ0n) is 8.66. The molecule has 2 aromatic rings. The van der Waals surface area contributed by atoms with Gasteiger partial charge in [-0.05, 0) is 18.2 Å². The van der Waals surface area contributed by atoms with Gasteiger partial charge in [-0.1, -0.05) is 20.8 Å². The molecule has 0 aliphatic rings. The molecule has 1 aromatic heterocycles. The molecule has 0 saturated heterocycles. The van der Waals surface area contributed by atoms with E-state index in [2.05, 4.69) is 25.8 Å². The van der Waals surface area contributed by atoms with E-state index in [9.17, 15) is 0 Å². The predicted octanol–water partition coefficient (Wildman–Crippen LogP) is 3.18. The van der Waals surface area contributed by atoms with Crippen LogP contribution < -0.4 is 5.73 Å². The molecule has 0 aliphatic heterocycles. The molecule has 0 fully saturated rings. The number of hydrogen-bond donors (Lipinski definition) is 1. The van der Waals surface area contributed by atoms with Crippen LogP contribution in [0.5, 0.6) is 0 Å². The summed E-state index contributed by atoms with van der Waals surface area (Å²) in [6.07, 6.45) is 0. The number of nitrogens with two attached hydrogens (primary N) is 1. The number of anilines is 1. The SMILES string of the molecule is CC(C)(C)c1nc2ccc(N)cc2s1. The molecule has 0 aliphatic carbocycles. The molecule has 0 radical (unpaired) electrons. The van der Waals surface area contributed by atoms with E-state index in [0.717, 1.165) is 16.2 Å². The van der Waals surface area contributed by atoms with Crippen molar-refractivity contribution in [1.29, 1.82) is 0 Å². The molecule has 2 N–H and O–H groups in total. The second-order valence-corrected chi connectivity index (χ2v) is 5.53. The van der Waals surface area contributed by atoms with Crippen molar-refractivity contribution in [3.63, 3.8) is 0 Å². The van der Waals surface area contributed by atoms with Crippen LogP contribution in [0.25, 0.3) is 10.2 Å². The first kappa shape index (κ1) is 9.46. The van der Waals surface area contributed by atoms with Gasteiger partial charge in [-0.25, -0.2) is 4.98 Å². The van der Waals surface area contributed by atoms with Gasteiger partial charge in [-0.2, -0.15) is 0 Å². The lowest BCUT2D eigenvalue weighted by Gasteiger charge is -2.13. The van der Waals surface area contributed by atoms with Crippen LogP contribution in [0.15, 0.2) is 18.2 Å². The smallest absolute Gasteiger partial charge is 0.0992 e. The Morgan fingerprint density at radius 2 is 2.00 bits per heavy atom. The van der Waals surface area contributed by atoms with E-state index in [1.54, 1.807) is 11.3 Å². The first-order valence-electron chi connectivity index (χ1n) is 4.63. The maximum atomic E-state index is 5.72. The molecule has 3 heteroatoms. The quantitative estimate of drug-likeness (QED) is 0.672. The molecule has 2 rings (SSSR count). The van der Waals surface area contributed by atoms with Crippen LogP contribution in [0.1, 0.15) is 25.8 Å². The minimum Gasteiger partial charge on any atom is -0.399 e. The highest BCUT2D eigenvalue weighted by Gasteiger charge is 2.18. The third-order valence-corrected chi connectivity index (χ3v) is 3.50. The number of benzene rings is 1. The van der Waals surface area contributed by atoms with Gasteiger partial charge in [0.15, 0.2) is 0 Å². The van der Waals surface area contributed by atoms with Crippen LogP contribution in [0.4, 0.5) is 5.69 Å². The number of aromatic nitrogens is 1. The average molecular weight is 206 g/mol. The summed E-state index contributed by atoms with van der Waals surface area (Å²) in [6, 6.07) is 5.87. The van der Waals surface area contributed by atoms with Crippen molar-refractivity contribution in [3.05, 3.63) is 23.2 Å². The van der Waals surface area contributed by atoms with Crippen molar-refractivity contribution in [2.45, 2.75) is 26.2 Å². The number of hydrogen-bond acceptors (Lipinski definition) is 3. The van der Waals surface area contributed by atoms with Crippen LogP contribution in [-0.2, 0) is 5.41 Å². The highest BCUT2D eigenvalue weighted by atomic mass is 32.1. The molecule has 0 amide bonds. The maximum Gasteiger partial charge on any atom is 0.0992 e. The first-order valence-corrected chi connectivity index (χ1v) is 5.45. The molecular weight excluding hydrogens is 192 g/mol. The minimum absolute atomic E-state index is 0.123. The maximum absolute atomic E-state index is 5.72. The zero-order valence-corrected chi connectivity index (χ0v) is 9.48. The summed E-state index contributed by atoms with van der Waals surface area (Å²) in [5.74, 6) is 0. The normalized spacial score (nSPS) is 12.2. The van der Waals surface area contributed by atoms with E-state index in [-0.39, 0.29) is 5.41 Å².